The van der Waals surface area contributed by atoms with Crippen LogP contribution in [0.5, 0.6) is 5.75 Å². The number of halogens is 6. The third-order valence-corrected chi connectivity index (χ3v) is 4.66. The minimum absolute atomic E-state index is 0.0626. The van der Waals surface area contributed by atoms with Crippen molar-refractivity contribution in [2.75, 3.05) is 6.61 Å². The van der Waals surface area contributed by atoms with Gasteiger partial charge in [-0.25, -0.2) is 0 Å². The summed E-state index contributed by atoms with van der Waals surface area (Å²) >= 11 is -0.366. The molecule has 1 atom stereocenters. The van der Waals surface area contributed by atoms with Crippen LogP contribution in [0.4, 0.5) is 26.3 Å². The maximum Gasteiger partial charge on any atom is 0.446 e. The Balaban J connectivity index is 2.14. The summed E-state index contributed by atoms with van der Waals surface area (Å²) in [6, 6.07) is 10.3. The lowest BCUT2D eigenvalue weighted by Gasteiger charge is -2.24. The number of hydrogen-bond acceptors (Lipinski definition) is 5. The molecule has 0 aliphatic carbocycles. The normalized spacial score (nSPS) is 13.4. The van der Waals surface area contributed by atoms with Crippen LogP contribution in [0.3, 0.4) is 0 Å². The molecule has 0 saturated heterocycles. The molecule has 5 nitrogen and oxygen atoms in total. The molecule has 0 aromatic heterocycles. The highest BCUT2D eigenvalue weighted by atomic mass is 32.2. The first-order valence-corrected chi connectivity index (χ1v) is 9.42. The number of benzene rings is 2. The average molecular weight is 473 g/mol. The Bertz CT molecular complexity index is 1070. The molecule has 0 saturated carbocycles. The van der Waals surface area contributed by atoms with Gasteiger partial charge in [-0.15, -0.1) is 0 Å². The minimum atomic E-state index is -4.83. The van der Waals surface area contributed by atoms with Gasteiger partial charge >= 0.3 is 11.7 Å². The topological polar surface area (TPSA) is 85.9 Å². The van der Waals surface area contributed by atoms with E-state index < -0.39 is 41.1 Å². The summed E-state index contributed by atoms with van der Waals surface area (Å²) < 4.78 is 82.0. The summed E-state index contributed by atoms with van der Waals surface area (Å²) in [6.07, 6.45) is -4.83. The average Bonchev–Trinajstić information content (AvgIpc) is 2.70. The number of carbonyl (C=O) groups is 1. The highest BCUT2D eigenvalue weighted by Gasteiger charge is 2.36. The lowest BCUT2D eigenvalue weighted by molar-refractivity contribution is -0.139. The number of rotatable bonds is 6. The van der Waals surface area contributed by atoms with Crippen LogP contribution in [-0.4, -0.2) is 23.6 Å². The summed E-state index contributed by atoms with van der Waals surface area (Å²) in [5.41, 5.74) is -7.80. The van der Waals surface area contributed by atoms with Crippen molar-refractivity contribution in [2.24, 2.45) is 0 Å². The van der Waals surface area contributed by atoms with E-state index in [-0.39, 0.29) is 27.8 Å². The molecule has 1 amide bonds. The predicted molar refractivity (Wildman–Crippen MR) is 101 cm³/mol. The Kier molecular flexibility index (Phi) is 7.31. The highest BCUT2D eigenvalue weighted by molar-refractivity contribution is 8.00. The molecule has 32 heavy (non-hydrogen) atoms. The molecule has 0 spiro atoms. The summed E-state index contributed by atoms with van der Waals surface area (Å²) in [4.78, 5) is 12.2. The molecule has 0 heterocycles. The summed E-state index contributed by atoms with van der Waals surface area (Å²) in [5, 5.41) is 20.5. The third-order valence-electron chi connectivity index (χ3n) is 3.92. The van der Waals surface area contributed by atoms with Crippen molar-refractivity contribution in [1.29, 1.82) is 10.5 Å². The lowest BCUT2D eigenvalue weighted by Crippen LogP contribution is -2.49. The number of amides is 1. The second kappa shape index (κ2) is 9.40. The van der Waals surface area contributed by atoms with Crippen LogP contribution >= 0.6 is 11.8 Å². The number of nitriles is 2. The van der Waals surface area contributed by atoms with Gasteiger partial charge in [-0.2, -0.15) is 36.9 Å². The number of ether oxygens (including phenoxy) is 1. The number of alkyl halides is 6. The van der Waals surface area contributed by atoms with E-state index in [0.29, 0.717) is 6.07 Å². The number of thioether (sulfide) groups is 1. The van der Waals surface area contributed by atoms with Gasteiger partial charge in [0.1, 0.15) is 12.4 Å². The van der Waals surface area contributed by atoms with Gasteiger partial charge in [0, 0.05) is 10.5 Å². The van der Waals surface area contributed by atoms with Gasteiger partial charge in [-0.3, -0.25) is 4.79 Å². The Hall–Kier alpha value is -3.38. The van der Waals surface area contributed by atoms with Gasteiger partial charge in [0.2, 0.25) is 0 Å². The van der Waals surface area contributed by atoms with E-state index in [1.54, 1.807) is 12.1 Å². The van der Waals surface area contributed by atoms with Crippen LogP contribution in [0.25, 0.3) is 0 Å². The predicted octanol–water partition coefficient (Wildman–Crippen LogP) is 5.28. The van der Waals surface area contributed by atoms with Gasteiger partial charge in [0.05, 0.1) is 23.3 Å². The fourth-order valence-corrected chi connectivity index (χ4v) is 2.94. The molecule has 2 rings (SSSR count). The zero-order valence-corrected chi connectivity index (χ0v) is 17.0. The van der Waals surface area contributed by atoms with E-state index in [0.717, 1.165) is 36.4 Å². The van der Waals surface area contributed by atoms with Crippen molar-refractivity contribution in [3.63, 3.8) is 0 Å². The maximum absolute atomic E-state index is 13.2. The molecule has 2 aromatic rings. The van der Waals surface area contributed by atoms with Gasteiger partial charge in [0.25, 0.3) is 5.91 Å². The fourth-order valence-electron chi connectivity index (χ4n) is 2.40. The van der Waals surface area contributed by atoms with Crippen molar-refractivity contribution in [3.8, 4) is 17.9 Å². The van der Waals surface area contributed by atoms with Crippen LogP contribution < -0.4 is 10.1 Å². The molecule has 12 heteroatoms. The fraction of sp³-hybridized carbons (Fsp3) is 0.250. The summed E-state index contributed by atoms with van der Waals surface area (Å²) in [7, 11) is 0. The zero-order valence-electron chi connectivity index (χ0n) is 16.1. The Labute approximate surface area is 182 Å². The minimum Gasteiger partial charge on any atom is -0.489 e. The number of hydrogen-bond donors (Lipinski definition) is 1. The molecule has 2 aromatic carbocycles. The lowest BCUT2D eigenvalue weighted by atomic mass is 10.0. The van der Waals surface area contributed by atoms with Crippen molar-refractivity contribution in [2.45, 2.75) is 29.0 Å². The Morgan fingerprint density at radius 3 is 2.19 bits per heavy atom. The number of nitrogens with one attached hydrogen (secondary N) is 1. The second-order valence-corrected chi connectivity index (χ2v) is 7.72. The first-order valence-electron chi connectivity index (χ1n) is 8.60. The van der Waals surface area contributed by atoms with Crippen LogP contribution in [0, 0.1) is 22.7 Å². The van der Waals surface area contributed by atoms with Crippen molar-refractivity contribution in [1.82, 2.24) is 5.32 Å². The molecular formula is C20H13F6N3O2S. The van der Waals surface area contributed by atoms with Crippen LogP contribution in [-0.2, 0) is 6.18 Å². The van der Waals surface area contributed by atoms with Crippen molar-refractivity contribution < 1.29 is 35.9 Å². The van der Waals surface area contributed by atoms with Crippen molar-refractivity contribution in [3.05, 3.63) is 59.2 Å². The molecule has 0 aliphatic heterocycles. The largest absolute Gasteiger partial charge is 0.489 e. The molecule has 1 unspecified atom stereocenters. The summed E-state index contributed by atoms with van der Waals surface area (Å²) in [5.74, 6) is -1.47. The van der Waals surface area contributed by atoms with Gasteiger partial charge in [-0.05, 0) is 61.2 Å². The van der Waals surface area contributed by atoms with Gasteiger partial charge in [-0.1, -0.05) is 0 Å². The molecule has 0 bridgehead atoms. The first-order chi connectivity index (χ1) is 14.8. The molecular weight excluding hydrogens is 460 g/mol. The third kappa shape index (κ3) is 6.82. The van der Waals surface area contributed by atoms with E-state index in [9.17, 15) is 36.4 Å². The Morgan fingerprint density at radius 2 is 1.69 bits per heavy atom. The van der Waals surface area contributed by atoms with Crippen LogP contribution in [0.15, 0.2) is 47.4 Å². The number of nitrogens with zero attached hydrogens (tertiary/aromatic N) is 2. The Morgan fingerprint density at radius 1 is 1.06 bits per heavy atom. The van der Waals surface area contributed by atoms with Crippen molar-refractivity contribution >= 4 is 17.7 Å². The SMILES string of the molecule is CC(C#N)(COc1ccc(C#N)cc1C(F)(F)F)NC(=O)c1ccc(SC(F)(F)F)cc1. The van der Waals surface area contributed by atoms with E-state index in [1.807, 2.05) is 0 Å². The molecule has 1 N–H and O–H groups in total. The molecule has 0 aliphatic rings. The van der Waals surface area contributed by atoms with Crippen LogP contribution in [0.2, 0.25) is 0 Å². The van der Waals surface area contributed by atoms with Crippen LogP contribution in [0.1, 0.15) is 28.4 Å². The van der Waals surface area contributed by atoms with Gasteiger partial charge < -0.3 is 10.1 Å². The number of carbonyl (C=O) groups excluding carboxylic acids is 1. The molecule has 0 radical (unpaired) electrons. The van der Waals surface area contributed by atoms with E-state index in [2.05, 4.69) is 5.32 Å². The highest BCUT2D eigenvalue weighted by Crippen LogP contribution is 2.38. The maximum atomic E-state index is 13.2. The standard InChI is InChI=1S/C20H13F6N3O2S/c1-18(10-28,11-31-16-7-2-12(9-27)8-15(16)19(21,22)23)29-17(30)13-3-5-14(6-4-13)32-20(24,25)26/h2-8H,11H2,1H3,(H,29,30). The zero-order chi connectivity index (χ0) is 24.2. The smallest absolute Gasteiger partial charge is 0.446 e. The van der Waals surface area contributed by atoms with Gasteiger partial charge in [0.15, 0.2) is 5.54 Å². The summed E-state index contributed by atoms with van der Waals surface area (Å²) in [6.45, 7) is 0.530. The quantitative estimate of drug-likeness (QED) is 0.456. The molecule has 0 fully saturated rings. The van der Waals surface area contributed by atoms with E-state index in [4.69, 9.17) is 10.00 Å². The molecule has 168 valence electrons. The van der Waals surface area contributed by atoms with E-state index in [1.165, 1.54) is 6.92 Å². The monoisotopic (exact) mass is 473 g/mol. The van der Waals surface area contributed by atoms with E-state index >= 15 is 0 Å². The first kappa shape index (κ1) is 24.9. The second-order valence-electron chi connectivity index (χ2n) is 6.58.